The van der Waals surface area contributed by atoms with E-state index in [2.05, 4.69) is 0 Å². The highest BCUT2D eigenvalue weighted by molar-refractivity contribution is 5.48. The molecule has 0 saturated carbocycles. The smallest absolute Gasteiger partial charge is 0.127 e. The third-order valence-electron chi connectivity index (χ3n) is 2.73. The number of hydrogen-bond acceptors (Lipinski definition) is 3. The quantitative estimate of drug-likeness (QED) is 0.839. The number of nitrogen functional groups attached to an aromatic ring is 1. The highest BCUT2D eigenvalue weighted by Gasteiger charge is 2.04. The minimum absolute atomic E-state index is 0.465. The number of ether oxygens (including phenoxy) is 2. The van der Waals surface area contributed by atoms with E-state index in [1.54, 1.807) is 13.2 Å². The summed E-state index contributed by atoms with van der Waals surface area (Å²) in [7, 11) is 1.63. The Hall–Kier alpha value is -2.16. The normalized spacial score (nSPS) is 10.1. The molecule has 18 heavy (non-hydrogen) atoms. The van der Waals surface area contributed by atoms with Crippen LogP contribution in [0.2, 0.25) is 0 Å². The lowest BCUT2D eigenvalue weighted by Gasteiger charge is -2.11. The zero-order valence-electron chi connectivity index (χ0n) is 10.6. The fourth-order valence-electron chi connectivity index (χ4n) is 1.68. The lowest BCUT2D eigenvalue weighted by molar-refractivity contribution is 0.296. The van der Waals surface area contributed by atoms with Crippen molar-refractivity contribution in [3.8, 4) is 11.5 Å². The van der Waals surface area contributed by atoms with Crippen LogP contribution >= 0.6 is 0 Å². The number of aryl methyl sites for hydroxylation is 1. The van der Waals surface area contributed by atoms with E-state index >= 15 is 0 Å². The average Bonchev–Trinajstić information content (AvgIpc) is 2.39. The molecule has 3 heteroatoms. The maximum atomic E-state index is 5.71. The fourth-order valence-corrected chi connectivity index (χ4v) is 1.68. The Labute approximate surface area is 107 Å². The third-order valence-corrected chi connectivity index (χ3v) is 2.73. The summed E-state index contributed by atoms with van der Waals surface area (Å²) in [4.78, 5) is 0. The van der Waals surface area contributed by atoms with Crippen LogP contribution in [-0.4, -0.2) is 7.11 Å². The molecule has 0 amide bonds. The van der Waals surface area contributed by atoms with Gasteiger partial charge in [0.05, 0.1) is 7.11 Å². The van der Waals surface area contributed by atoms with Crippen molar-refractivity contribution < 1.29 is 9.47 Å². The van der Waals surface area contributed by atoms with Gasteiger partial charge in [-0.05, 0) is 31.2 Å². The Kier molecular flexibility index (Phi) is 3.72. The largest absolute Gasteiger partial charge is 0.496 e. The van der Waals surface area contributed by atoms with Gasteiger partial charge in [-0.15, -0.1) is 0 Å². The Morgan fingerprint density at radius 2 is 1.78 bits per heavy atom. The minimum atomic E-state index is 0.465. The second kappa shape index (κ2) is 5.45. The maximum absolute atomic E-state index is 5.71. The zero-order chi connectivity index (χ0) is 13.0. The first-order valence-electron chi connectivity index (χ1n) is 5.81. The lowest BCUT2D eigenvalue weighted by atomic mass is 10.2. The van der Waals surface area contributed by atoms with Crippen molar-refractivity contribution in [1.29, 1.82) is 0 Å². The Bertz CT molecular complexity index is 521. The molecule has 0 heterocycles. The molecule has 3 nitrogen and oxygen atoms in total. The van der Waals surface area contributed by atoms with Crippen molar-refractivity contribution in [3.05, 3.63) is 53.6 Å². The molecule has 94 valence electrons. The second-order valence-electron chi connectivity index (χ2n) is 4.17. The van der Waals surface area contributed by atoms with E-state index in [1.165, 1.54) is 5.56 Å². The summed E-state index contributed by atoms with van der Waals surface area (Å²) in [6, 6.07) is 13.5. The molecule has 0 bridgehead atoms. The standard InChI is InChI=1S/C15H17NO2/c1-11-3-7-14(8-4-11)18-10-12-5-6-13(16)9-15(12)17-2/h3-9H,10,16H2,1-2H3. The van der Waals surface area contributed by atoms with E-state index in [0.29, 0.717) is 12.3 Å². The van der Waals surface area contributed by atoms with E-state index < -0.39 is 0 Å². The molecule has 0 unspecified atom stereocenters. The second-order valence-corrected chi connectivity index (χ2v) is 4.17. The van der Waals surface area contributed by atoms with Gasteiger partial charge in [-0.2, -0.15) is 0 Å². The molecule has 0 aromatic heterocycles. The number of hydrogen-bond donors (Lipinski definition) is 1. The summed E-state index contributed by atoms with van der Waals surface area (Å²) in [6.07, 6.45) is 0. The first kappa shape index (κ1) is 12.3. The van der Waals surface area contributed by atoms with Crippen LogP contribution in [0.1, 0.15) is 11.1 Å². The van der Waals surface area contributed by atoms with Crippen LogP contribution in [0.5, 0.6) is 11.5 Å². The summed E-state index contributed by atoms with van der Waals surface area (Å²) in [6.45, 7) is 2.51. The Morgan fingerprint density at radius 3 is 2.44 bits per heavy atom. The first-order chi connectivity index (χ1) is 8.69. The van der Waals surface area contributed by atoms with Crippen LogP contribution in [0.3, 0.4) is 0 Å². The lowest BCUT2D eigenvalue weighted by Crippen LogP contribution is -1.99. The van der Waals surface area contributed by atoms with Gasteiger partial charge in [0.2, 0.25) is 0 Å². The van der Waals surface area contributed by atoms with Gasteiger partial charge in [0.15, 0.2) is 0 Å². The minimum Gasteiger partial charge on any atom is -0.496 e. The molecule has 2 aromatic rings. The monoisotopic (exact) mass is 243 g/mol. The van der Waals surface area contributed by atoms with Gasteiger partial charge in [-0.1, -0.05) is 17.7 Å². The molecule has 0 spiro atoms. The molecule has 0 aliphatic heterocycles. The van der Waals surface area contributed by atoms with Gasteiger partial charge in [0.25, 0.3) is 0 Å². The topological polar surface area (TPSA) is 44.5 Å². The SMILES string of the molecule is COc1cc(N)ccc1COc1ccc(C)cc1. The number of nitrogens with two attached hydrogens (primary N) is 1. The van der Waals surface area contributed by atoms with E-state index in [-0.39, 0.29) is 0 Å². The number of rotatable bonds is 4. The van der Waals surface area contributed by atoms with Gasteiger partial charge in [0.1, 0.15) is 18.1 Å². The van der Waals surface area contributed by atoms with Crippen molar-refractivity contribution >= 4 is 5.69 Å². The summed E-state index contributed by atoms with van der Waals surface area (Å²) in [5.74, 6) is 1.60. The Morgan fingerprint density at radius 1 is 1.06 bits per heavy atom. The molecular formula is C15H17NO2. The van der Waals surface area contributed by atoms with Crippen LogP contribution in [0.4, 0.5) is 5.69 Å². The number of anilines is 1. The van der Waals surface area contributed by atoms with Crippen LogP contribution in [-0.2, 0) is 6.61 Å². The van der Waals surface area contributed by atoms with Crippen LogP contribution < -0.4 is 15.2 Å². The van der Waals surface area contributed by atoms with Crippen LogP contribution in [0, 0.1) is 6.92 Å². The van der Waals surface area contributed by atoms with Gasteiger partial charge in [-0.25, -0.2) is 0 Å². The summed E-state index contributed by atoms with van der Waals surface area (Å²) in [5.41, 5.74) is 8.59. The van der Waals surface area contributed by atoms with Crippen molar-refractivity contribution in [3.63, 3.8) is 0 Å². The van der Waals surface area contributed by atoms with E-state index in [4.69, 9.17) is 15.2 Å². The summed E-state index contributed by atoms with van der Waals surface area (Å²) < 4.78 is 11.0. The molecular weight excluding hydrogens is 226 g/mol. The van der Waals surface area contributed by atoms with E-state index in [9.17, 15) is 0 Å². The molecule has 2 rings (SSSR count). The molecule has 0 saturated heterocycles. The van der Waals surface area contributed by atoms with Gasteiger partial charge < -0.3 is 15.2 Å². The molecule has 0 aliphatic carbocycles. The predicted octanol–water partition coefficient (Wildman–Crippen LogP) is 3.16. The number of benzene rings is 2. The maximum Gasteiger partial charge on any atom is 0.127 e. The van der Waals surface area contributed by atoms with Gasteiger partial charge >= 0.3 is 0 Å². The summed E-state index contributed by atoms with van der Waals surface area (Å²) >= 11 is 0. The highest BCUT2D eigenvalue weighted by Crippen LogP contribution is 2.23. The fraction of sp³-hybridized carbons (Fsp3) is 0.200. The Balaban J connectivity index is 2.08. The van der Waals surface area contributed by atoms with Crippen LogP contribution in [0.25, 0.3) is 0 Å². The number of methoxy groups -OCH3 is 1. The molecule has 0 fully saturated rings. The van der Waals surface area contributed by atoms with Crippen molar-refractivity contribution in [2.24, 2.45) is 0 Å². The van der Waals surface area contributed by atoms with Gasteiger partial charge in [0, 0.05) is 17.3 Å². The molecule has 0 atom stereocenters. The van der Waals surface area contributed by atoms with Gasteiger partial charge in [-0.3, -0.25) is 0 Å². The van der Waals surface area contributed by atoms with Crippen molar-refractivity contribution in [2.75, 3.05) is 12.8 Å². The third kappa shape index (κ3) is 2.94. The molecule has 2 aromatic carbocycles. The first-order valence-corrected chi connectivity index (χ1v) is 5.81. The zero-order valence-corrected chi connectivity index (χ0v) is 10.6. The van der Waals surface area contributed by atoms with E-state index in [1.807, 2.05) is 43.3 Å². The molecule has 2 N–H and O–H groups in total. The average molecular weight is 243 g/mol. The highest BCUT2D eigenvalue weighted by atomic mass is 16.5. The van der Waals surface area contributed by atoms with E-state index in [0.717, 1.165) is 17.1 Å². The van der Waals surface area contributed by atoms with Crippen LogP contribution in [0.15, 0.2) is 42.5 Å². The summed E-state index contributed by atoms with van der Waals surface area (Å²) in [5, 5.41) is 0. The predicted molar refractivity (Wildman–Crippen MR) is 72.9 cm³/mol. The molecule has 0 aliphatic rings. The van der Waals surface area contributed by atoms with Crippen molar-refractivity contribution in [2.45, 2.75) is 13.5 Å². The van der Waals surface area contributed by atoms with Crippen molar-refractivity contribution in [1.82, 2.24) is 0 Å². The molecule has 0 radical (unpaired) electrons.